The molecule has 1 atom stereocenters. The Morgan fingerprint density at radius 3 is 2.70 bits per heavy atom. The van der Waals surface area contributed by atoms with Crippen LogP contribution in [0.1, 0.15) is 32.6 Å². The minimum absolute atomic E-state index is 0.328. The van der Waals surface area contributed by atoms with Crippen molar-refractivity contribution in [2.45, 2.75) is 44.8 Å². The lowest BCUT2D eigenvalue weighted by Gasteiger charge is -2.41. The zero-order chi connectivity index (χ0) is 14.4. The quantitative estimate of drug-likeness (QED) is 0.754. The summed E-state index contributed by atoms with van der Waals surface area (Å²) in [6.07, 6.45) is 4.20. The molecule has 0 aliphatic carbocycles. The monoisotopic (exact) mass is 283 g/mol. The van der Waals surface area contributed by atoms with Crippen molar-refractivity contribution in [2.75, 3.05) is 46.4 Å². The Morgan fingerprint density at radius 2 is 2.05 bits per heavy atom. The maximum atomic E-state index is 12.1. The topological polar surface area (TPSA) is 44.8 Å². The van der Waals surface area contributed by atoms with Gasteiger partial charge in [0.25, 0.3) is 0 Å². The van der Waals surface area contributed by atoms with Gasteiger partial charge >= 0.3 is 0 Å². The highest BCUT2D eigenvalue weighted by atomic mass is 16.5. The van der Waals surface area contributed by atoms with Gasteiger partial charge in [-0.3, -0.25) is 9.69 Å². The van der Waals surface area contributed by atoms with E-state index in [4.69, 9.17) is 4.74 Å². The van der Waals surface area contributed by atoms with Gasteiger partial charge in [0.1, 0.15) is 0 Å². The first-order chi connectivity index (χ1) is 9.70. The van der Waals surface area contributed by atoms with Gasteiger partial charge in [0.2, 0.25) is 5.91 Å². The molecule has 2 aliphatic rings. The maximum absolute atomic E-state index is 12.1. The molecule has 0 spiro atoms. The number of rotatable bonds is 5. The fourth-order valence-electron chi connectivity index (χ4n) is 3.23. The lowest BCUT2D eigenvalue weighted by Crippen LogP contribution is -2.51. The van der Waals surface area contributed by atoms with Crippen LogP contribution >= 0.6 is 0 Å². The summed E-state index contributed by atoms with van der Waals surface area (Å²) in [5.41, 5.74) is 0. The summed E-state index contributed by atoms with van der Waals surface area (Å²) in [5.74, 6) is 0.328. The molecule has 0 aromatic heterocycles. The van der Waals surface area contributed by atoms with E-state index in [1.807, 2.05) is 7.05 Å². The number of hydrogen-bond acceptors (Lipinski definition) is 4. The number of ether oxygens (including phenoxy) is 1. The Hall–Kier alpha value is -0.650. The molecule has 2 heterocycles. The van der Waals surface area contributed by atoms with Gasteiger partial charge in [0.15, 0.2) is 0 Å². The second-order valence-electron chi connectivity index (χ2n) is 6.00. The Bertz CT molecular complexity index is 303. The van der Waals surface area contributed by atoms with Crippen LogP contribution in [-0.4, -0.2) is 74.2 Å². The van der Waals surface area contributed by atoms with Crippen LogP contribution in [0.2, 0.25) is 0 Å². The molecule has 0 aromatic carbocycles. The summed E-state index contributed by atoms with van der Waals surface area (Å²) in [5, 5.41) is 3.09. The average molecular weight is 283 g/mol. The third-order valence-corrected chi connectivity index (χ3v) is 4.42. The fourth-order valence-corrected chi connectivity index (χ4v) is 3.23. The van der Waals surface area contributed by atoms with Crippen LogP contribution in [0, 0.1) is 0 Å². The van der Waals surface area contributed by atoms with E-state index in [1.54, 1.807) is 0 Å². The molecule has 2 aliphatic heterocycles. The van der Waals surface area contributed by atoms with Crippen molar-refractivity contribution in [3.05, 3.63) is 0 Å². The van der Waals surface area contributed by atoms with Crippen molar-refractivity contribution in [2.24, 2.45) is 0 Å². The van der Waals surface area contributed by atoms with Crippen molar-refractivity contribution >= 4 is 5.91 Å². The number of nitrogens with one attached hydrogen (secondary N) is 1. The molecule has 2 fully saturated rings. The highest BCUT2D eigenvalue weighted by Gasteiger charge is 2.29. The van der Waals surface area contributed by atoms with Gasteiger partial charge < -0.3 is 15.0 Å². The molecule has 1 amide bonds. The second kappa shape index (κ2) is 7.96. The minimum atomic E-state index is 0.328. The molecule has 0 radical (unpaired) electrons. The van der Waals surface area contributed by atoms with E-state index >= 15 is 0 Å². The molecule has 1 unspecified atom stereocenters. The Morgan fingerprint density at radius 1 is 1.30 bits per heavy atom. The number of nitrogens with zero attached hydrogens (tertiary/aromatic N) is 2. The average Bonchev–Trinajstić information content (AvgIpc) is 2.47. The van der Waals surface area contributed by atoms with E-state index in [9.17, 15) is 4.79 Å². The number of amides is 1. The van der Waals surface area contributed by atoms with Crippen LogP contribution in [-0.2, 0) is 9.53 Å². The van der Waals surface area contributed by atoms with Crippen molar-refractivity contribution in [1.82, 2.24) is 15.1 Å². The molecule has 2 saturated heterocycles. The van der Waals surface area contributed by atoms with Crippen molar-refractivity contribution < 1.29 is 9.53 Å². The molecular formula is C15H29N3O2. The lowest BCUT2D eigenvalue weighted by atomic mass is 10.0. The zero-order valence-electron chi connectivity index (χ0n) is 12.9. The number of carbonyl (C=O) groups is 1. The smallest absolute Gasteiger partial charge is 0.222 e. The summed E-state index contributed by atoms with van der Waals surface area (Å²) in [6, 6.07) is 0.641. The third kappa shape index (κ3) is 4.43. The highest BCUT2D eigenvalue weighted by Crippen LogP contribution is 2.19. The Balaban J connectivity index is 1.70. The number of piperidine rings is 1. The van der Waals surface area contributed by atoms with Crippen LogP contribution in [0.15, 0.2) is 0 Å². The number of carbonyl (C=O) groups excluding carboxylic acids is 1. The van der Waals surface area contributed by atoms with E-state index < -0.39 is 0 Å². The van der Waals surface area contributed by atoms with Crippen LogP contribution in [0.5, 0.6) is 0 Å². The normalized spacial score (nSPS) is 25.9. The van der Waals surface area contributed by atoms with Gasteiger partial charge in [-0.25, -0.2) is 0 Å². The lowest BCUT2D eigenvalue weighted by molar-refractivity contribution is -0.133. The molecule has 2 rings (SSSR count). The maximum Gasteiger partial charge on any atom is 0.222 e. The molecule has 0 bridgehead atoms. The van der Waals surface area contributed by atoms with Crippen molar-refractivity contribution in [3.63, 3.8) is 0 Å². The first-order valence-electron chi connectivity index (χ1n) is 7.98. The van der Waals surface area contributed by atoms with Gasteiger partial charge in [-0.1, -0.05) is 0 Å². The van der Waals surface area contributed by atoms with Gasteiger partial charge in [0.05, 0.1) is 12.7 Å². The van der Waals surface area contributed by atoms with E-state index in [0.29, 0.717) is 24.5 Å². The van der Waals surface area contributed by atoms with Crippen LogP contribution in [0.25, 0.3) is 0 Å². The predicted octanol–water partition coefficient (Wildman–Crippen LogP) is 0.698. The summed E-state index contributed by atoms with van der Waals surface area (Å²) in [4.78, 5) is 16.7. The summed E-state index contributed by atoms with van der Waals surface area (Å²) in [7, 11) is 1.93. The number of hydrogen-bond donors (Lipinski definition) is 1. The van der Waals surface area contributed by atoms with E-state index in [1.165, 1.54) is 0 Å². The van der Waals surface area contributed by atoms with Gasteiger partial charge in [0, 0.05) is 38.6 Å². The SMILES string of the molecule is CNCCCC(=O)N1CCC(N2CCOC(C)C2)CC1. The van der Waals surface area contributed by atoms with Crippen LogP contribution < -0.4 is 5.32 Å². The molecule has 0 aromatic rings. The first-order valence-corrected chi connectivity index (χ1v) is 7.98. The summed E-state index contributed by atoms with van der Waals surface area (Å²) in [6.45, 7) is 7.86. The van der Waals surface area contributed by atoms with Gasteiger partial charge in [-0.05, 0) is 39.8 Å². The molecule has 0 saturated carbocycles. The van der Waals surface area contributed by atoms with Crippen molar-refractivity contribution in [3.8, 4) is 0 Å². The predicted molar refractivity (Wildman–Crippen MR) is 79.7 cm³/mol. The summed E-state index contributed by atoms with van der Waals surface area (Å²) < 4.78 is 5.60. The third-order valence-electron chi connectivity index (χ3n) is 4.42. The van der Waals surface area contributed by atoms with E-state index in [-0.39, 0.29) is 0 Å². The summed E-state index contributed by atoms with van der Waals surface area (Å²) >= 11 is 0. The highest BCUT2D eigenvalue weighted by molar-refractivity contribution is 5.76. The van der Waals surface area contributed by atoms with Crippen LogP contribution in [0.4, 0.5) is 0 Å². The Labute approximate surface area is 122 Å². The van der Waals surface area contributed by atoms with Crippen molar-refractivity contribution in [1.29, 1.82) is 0 Å². The van der Waals surface area contributed by atoms with Crippen LogP contribution in [0.3, 0.4) is 0 Å². The Kier molecular flexibility index (Phi) is 6.26. The minimum Gasteiger partial charge on any atom is -0.376 e. The molecule has 20 heavy (non-hydrogen) atoms. The second-order valence-corrected chi connectivity index (χ2v) is 6.00. The van der Waals surface area contributed by atoms with Gasteiger partial charge in [-0.15, -0.1) is 0 Å². The number of likely N-dealkylation sites (tertiary alicyclic amines) is 1. The molecule has 1 N–H and O–H groups in total. The molecule has 5 heteroatoms. The fraction of sp³-hybridized carbons (Fsp3) is 0.933. The molecular weight excluding hydrogens is 254 g/mol. The largest absolute Gasteiger partial charge is 0.376 e. The standard InChI is InChI=1S/C15H29N3O2/c1-13-12-18(10-11-20-13)14-5-8-17(9-6-14)15(19)4-3-7-16-2/h13-14,16H,3-12H2,1-2H3. The number of morpholine rings is 1. The van der Waals surface area contributed by atoms with E-state index in [2.05, 4.69) is 22.0 Å². The van der Waals surface area contributed by atoms with E-state index in [0.717, 1.165) is 58.6 Å². The molecule has 5 nitrogen and oxygen atoms in total. The van der Waals surface area contributed by atoms with Gasteiger partial charge in [-0.2, -0.15) is 0 Å². The molecule has 116 valence electrons. The zero-order valence-corrected chi connectivity index (χ0v) is 12.9. The first kappa shape index (κ1) is 15.7.